The first-order valence-electron chi connectivity index (χ1n) is 6.10. The SMILES string of the molecule is COc1ccc(NC(=O)CCCc2cccs2)cn1. The minimum Gasteiger partial charge on any atom is -0.481 e. The number of carbonyl (C=O) groups is 1. The van der Waals surface area contributed by atoms with Crippen LogP contribution in [0.2, 0.25) is 0 Å². The Morgan fingerprint density at radius 1 is 1.42 bits per heavy atom. The first-order valence-corrected chi connectivity index (χ1v) is 6.98. The third-order valence-electron chi connectivity index (χ3n) is 2.64. The lowest BCUT2D eigenvalue weighted by atomic mass is 10.2. The molecule has 2 rings (SSSR count). The Hall–Kier alpha value is -1.88. The third kappa shape index (κ3) is 4.37. The summed E-state index contributed by atoms with van der Waals surface area (Å²) in [7, 11) is 1.56. The van der Waals surface area contributed by atoms with E-state index in [1.54, 1.807) is 36.8 Å². The molecular weight excluding hydrogens is 260 g/mol. The highest BCUT2D eigenvalue weighted by atomic mass is 32.1. The predicted octanol–water partition coefficient (Wildman–Crippen LogP) is 3.11. The Balaban J connectivity index is 1.74. The van der Waals surface area contributed by atoms with Crippen LogP contribution in [0, 0.1) is 0 Å². The Kier molecular flexibility index (Phi) is 4.92. The summed E-state index contributed by atoms with van der Waals surface area (Å²) in [6, 6.07) is 7.63. The summed E-state index contributed by atoms with van der Waals surface area (Å²) in [4.78, 5) is 17.1. The normalized spacial score (nSPS) is 10.2. The molecule has 0 saturated carbocycles. The molecular formula is C14H16N2O2S. The lowest BCUT2D eigenvalue weighted by molar-refractivity contribution is -0.116. The van der Waals surface area contributed by atoms with Gasteiger partial charge < -0.3 is 10.1 Å². The van der Waals surface area contributed by atoms with Crippen molar-refractivity contribution in [2.24, 2.45) is 0 Å². The molecule has 2 heterocycles. The van der Waals surface area contributed by atoms with E-state index in [0.29, 0.717) is 18.0 Å². The first-order chi connectivity index (χ1) is 9.28. The summed E-state index contributed by atoms with van der Waals surface area (Å²) in [5.74, 6) is 0.555. The van der Waals surface area contributed by atoms with E-state index in [0.717, 1.165) is 12.8 Å². The molecule has 19 heavy (non-hydrogen) atoms. The van der Waals surface area contributed by atoms with Crippen LogP contribution in [0.4, 0.5) is 5.69 Å². The molecule has 0 aliphatic heterocycles. The average molecular weight is 276 g/mol. The van der Waals surface area contributed by atoms with Gasteiger partial charge in [-0.25, -0.2) is 4.98 Å². The van der Waals surface area contributed by atoms with Gasteiger partial charge in [-0.1, -0.05) is 6.07 Å². The van der Waals surface area contributed by atoms with Crippen LogP contribution < -0.4 is 10.1 Å². The monoisotopic (exact) mass is 276 g/mol. The Labute approximate surface area is 116 Å². The second kappa shape index (κ2) is 6.89. The number of aromatic nitrogens is 1. The summed E-state index contributed by atoms with van der Waals surface area (Å²) in [6.07, 6.45) is 3.92. The zero-order chi connectivity index (χ0) is 13.5. The van der Waals surface area contributed by atoms with Crippen molar-refractivity contribution in [3.05, 3.63) is 40.7 Å². The van der Waals surface area contributed by atoms with E-state index in [2.05, 4.69) is 21.7 Å². The van der Waals surface area contributed by atoms with E-state index in [9.17, 15) is 4.79 Å². The van der Waals surface area contributed by atoms with Crippen molar-refractivity contribution in [3.63, 3.8) is 0 Å². The molecule has 0 radical (unpaired) electrons. The molecule has 0 spiro atoms. The Morgan fingerprint density at radius 2 is 2.32 bits per heavy atom. The minimum atomic E-state index is 0.0172. The van der Waals surface area contributed by atoms with Crippen LogP contribution in [-0.2, 0) is 11.2 Å². The maximum Gasteiger partial charge on any atom is 0.224 e. The molecule has 0 bridgehead atoms. The summed E-state index contributed by atoms with van der Waals surface area (Å²) in [5, 5.41) is 4.87. The fraction of sp³-hybridized carbons (Fsp3) is 0.286. The molecule has 4 nitrogen and oxygen atoms in total. The molecule has 1 N–H and O–H groups in total. The summed E-state index contributed by atoms with van der Waals surface area (Å²) in [5.41, 5.74) is 0.696. The standard InChI is InChI=1S/C14H16N2O2S/c1-18-14-8-7-11(10-15-14)16-13(17)6-2-4-12-5-3-9-19-12/h3,5,7-10H,2,4,6H2,1H3,(H,16,17). The molecule has 0 unspecified atom stereocenters. The molecule has 0 aliphatic rings. The predicted molar refractivity (Wildman–Crippen MR) is 76.7 cm³/mol. The van der Waals surface area contributed by atoms with E-state index in [1.807, 2.05) is 6.07 Å². The zero-order valence-electron chi connectivity index (χ0n) is 10.8. The van der Waals surface area contributed by atoms with Crippen molar-refractivity contribution >= 4 is 22.9 Å². The van der Waals surface area contributed by atoms with Crippen LogP contribution in [0.15, 0.2) is 35.8 Å². The number of anilines is 1. The number of ether oxygens (including phenoxy) is 1. The average Bonchev–Trinajstić information content (AvgIpc) is 2.93. The van der Waals surface area contributed by atoms with Crippen molar-refractivity contribution in [2.75, 3.05) is 12.4 Å². The molecule has 0 atom stereocenters. The van der Waals surface area contributed by atoms with Gasteiger partial charge in [-0.05, 0) is 30.4 Å². The molecule has 2 aromatic heterocycles. The molecule has 1 amide bonds. The highest BCUT2D eigenvalue weighted by molar-refractivity contribution is 7.09. The molecule has 0 saturated heterocycles. The zero-order valence-corrected chi connectivity index (χ0v) is 11.6. The van der Waals surface area contributed by atoms with E-state index >= 15 is 0 Å². The summed E-state index contributed by atoms with van der Waals surface area (Å²) < 4.78 is 4.96. The van der Waals surface area contributed by atoms with Gasteiger partial charge in [-0.3, -0.25) is 4.79 Å². The number of methoxy groups -OCH3 is 1. The molecule has 0 aromatic carbocycles. The Bertz CT molecular complexity index is 509. The van der Waals surface area contributed by atoms with Crippen molar-refractivity contribution in [3.8, 4) is 5.88 Å². The molecule has 0 fully saturated rings. The second-order valence-corrected chi connectivity index (χ2v) is 5.10. The second-order valence-electron chi connectivity index (χ2n) is 4.07. The fourth-order valence-corrected chi connectivity index (χ4v) is 2.43. The number of nitrogens with zero attached hydrogens (tertiary/aromatic N) is 1. The topological polar surface area (TPSA) is 51.2 Å². The van der Waals surface area contributed by atoms with Crippen LogP contribution in [0.3, 0.4) is 0 Å². The van der Waals surface area contributed by atoms with Gasteiger partial charge in [0, 0.05) is 17.4 Å². The van der Waals surface area contributed by atoms with Gasteiger partial charge in [-0.2, -0.15) is 0 Å². The van der Waals surface area contributed by atoms with Crippen LogP contribution in [0.5, 0.6) is 5.88 Å². The van der Waals surface area contributed by atoms with Gasteiger partial charge in [0.2, 0.25) is 11.8 Å². The van der Waals surface area contributed by atoms with Crippen LogP contribution in [0.1, 0.15) is 17.7 Å². The highest BCUT2D eigenvalue weighted by Gasteiger charge is 2.03. The number of hydrogen-bond acceptors (Lipinski definition) is 4. The summed E-state index contributed by atoms with van der Waals surface area (Å²) >= 11 is 1.73. The largest absolute Gasteiger partial charge is 0.481 e. The number of pyridine rings is 1. The number of aryl methyl sites for hydroxylation is 1. The minimum absolute atomic E-state index is 0.0172. The van der Waals surface area contributed by atoms with Crippen LogP contribution >= 0.6 is 11.3 Å². The third-order valence-corrected chi connectivity index (χ3v) is 3.57. The molecule has 100 valence electrons. The maximum absolute atomic E-state index is 11.7. The number of hydrogen-bond donors (Lipinski definition) is 1. The van der Waals surface area contributed by atoms with E-state index in [1.165, 1.54) is 4.88 Å². The Morgan fingerprint density at radius 3 is 2.95 bits per heavy atom. The number of thiophene rings is 1. The molecule has 0 aliphatic carbocycles. The van der Waals surface area contributed by atoms with Gasteiger partial charge in [0.15, 0.2) is 0 Å². The number of nitrogens with one attached hydrogen (secondary N) is 1. The van der Waals surface area contributed by atoms with Gasteiger partial charge in [0.1, 0.15) is 0 Å². The van der Waals surface area contributed by atoms with Crippen LogP contribution in [0.25, 0.3) is 0 Å². The number of carbonyl (C=O) groups excluding carboxylic acids is 1. The van der Waals surface area contributed by atoms with Crippen molar-refractivity contribution < 1.29 is 9.53 Å². The van der Waals surface area contributed by atoms with E-state index in [-0.39, 0.29) is 5.91 Å². The van der Waals surface area contributed by atoms with Gasteiger partial charge in [0.25, 0.3) is 0 Å². The van der Waals surface area contributed by atoms with Gasteiger partial charge in [-0.15, -0.1) is 11.3 Å². The number of amides is 1. The van der Waals surface area contributed by atoms with E-state index < -0.39 is 0 Å². The van der Waals surface area contributed by atoms with Crippen LogP contribution in [-0.4, -0.2) is 18.0 Å². The maximum atomic E-state index is 11.7. The van der Waals surface area contributed by atoms with E-state index in [4.69, 9.17) is 4.74 Å². The highest BCUT2D eigenvalue weighted by Crippen LogP contribution is 2.14. The van der Waals surface area contributed by atoms with Crippen molar-refractivity contribution in [1.29, 1.82) is 0 Å². The molecule has 2 aromatic rings. The summed E-state index contributed by atoms with van der Waals surface area (Å²) in [6.45, 7) is 0. The number of rotatable bonds is 6. The first kappa shape index (κ1) is 13.5. The van der Waals surface area contributed by atoms with Crippen molar-refractivity contribution in [1.82, 2.24) is 4.98 Å². The lowest BCUT2D eigenvalue weighted by Crippen LogP contribution is -2.11. The lowest BCUT2D eigenvalue weighted by Gasteiger charge is -2.05. The quantitative estimate of drug-likeness (QED) is 0.882. The molecule has 5 heteroatoms. The van der Waals surface area contributed by atoms with Gasteiger partial charge >= 0.3 is 0 Å². The smallest absolute Gasteiger partial charge is 0.224 e. The fourth-order valence-electron chi connectivity index (χ4n) is 1.68. The van der Waals surface area contributed by atoms with Gasteiger partial charge in [0.05, 0.1) is 19.0 Å². The van der Waals surface area contributed by atoms with Crippen molar-refractivity contribution in [2.45, 2.75) is 19.3 Å².